The molecule has 4 amide bonds. The summed E-state index contributed by atoms with van der Waals surface area (Å²) in [5.74, 6) is -2.92. The van der Waals surface area contributed by atoms with E-state index >= 15 is 8.78 Å². The molecule has 2 aromatic carbocycles. The summed E-state index contributed by atoms with van der Waals surface area (Å²) < 4.78 is 51.4. The molecule has 4 rings (SSSR count). The van der Waals surface area contributed by atoms with Gasteiger partial charge in [0.05, 0.1) is 37.6 Å². The molecule has 0 aromatic heterocycles. The van der Waals surface area contributed by atoms with Crippen molar-refractivity contribution < 1.29 is 51.7 Å². The van der Waals surface area contributed by atoms with Crippen LogP contribution in [0.4, 0.5) is 34.5 Å². The molecule has 15 heteroatoms. The normalized spacial score (nSPS) is 18.0. The van der Waals surface area contributed by atoms with Crippen LogP contribution in [-0.2, 0) is 28.5 Å². The average molecular weight is 661 g/mol. The number of hydrogen-bond acceptors (Lipinski definition) is 9. The minimum atomic E-state index is -0.815. The van der Waals surface area contributed by atoms with Crippen LogP contribution in [0.15, 0.2) is 36.4 Å². The maximum Gasteiger partial charge on any atom is 0.414 e. The zero-order valence-electron chi connectivity index (χ0n) is 27.0. The van der Waals surface area contributed by atoms with Crippen molar-refractivity contribution in [3.05, 3.63) is 48.0 Å². The van der Waals surface area contributed by atoms with Gasteiger partial charge in [0.25, 0.3) is 0 Å². The van der Waals surface area contributed by atoms with E-state index in [0.29, 0.717) is 0 Å². The first kappa shape index (κ1) is 34.9. The third-order valence-corrected chi connectivity index (χ3v) is 6.69. The average Bonchev–Trinajstić information content (AvgIpc) is 3.50. The van der Waals surface area contributed by atoms with Gasteiger partial charge in [-0.2, -0.15) is 0 Å². The van der Waals surface area contributed by atoms with Crippen molar-refractivity contribution in [3.63, 3.8) is 0 Å². The Hall–Kier alpha value is -4.95. The molecule has 0 unspecified atom stereocenters. The predicted octanol–water partition coefficient (Wildman–Crippen LogP) is 4.65. The Kier molecular flexibility index (Phi) is 10.3. The Labute approximate surface area is 270 Å². The molecule has 0 aliphatic carbocycles. The monoisotopic (exact) mass is 660 g/mol. The Morgan fingerprint density at radius 1 is 0.766 bits per heavy atom. The zero-order valence-corrected chi connectivity index (χ0v) is 27.0. The molecular formula is C32H38F2N4O9. The molecule has 2 aromatic rings. The van der Waals surface area contributed by atoms with Crippen LogP contribution in [0.3, 0.4) is 0 Å². The number of halogens is 2. The lowest BCUT2D eigenvalue weighted by Gasteiger charge is -2.20. The number of nitrogens with one attached hydrogen (secondary N) is 2. The maximum absolute atomic E-state index is 15.3. The van der Waals surface area contributed by atoms with Crippen molar-refractivity contribution >= 4 is 41.5 Å². The van der Waals surface area contributed by atoms with Gasteiger partial charge in [0.15, 0.2) is 0 Å². The van der Waals surface area contributed by atoms with Gasteiger partial charge >= 0.3 is 24.2 Å². The Bertz CT molecular complexity index is 1550. The smallest absolute Gasteiger partial charge is 0.414 e. The molecule has 2 heterocycles. The van der Waals surface area contributed by atoms with Crippen molar-refractivity contribution in [3.8, 4) is 11.1 Å². The van der Waals surface area contributed by atoms with Gasteiger partial charge in [-0.3, -0.25) is 19.4 Å². The second kappa shape index (κ2) is 13.8. The van der Waals surface area contributed by atoms with Gasteiger partial charge in [-0.15, -0.1) is 0 Å². The summed E-state index contributed by atoms with van der Waals surface area (Å²) in [5, 5.41) is 5.05. The highest BCUT2D eigenvalue weighted by atomic mass is 19.1. The number of esters is 1. The van der Waals surface area contributed by atoms with E-state index in [0.717, 1.165) is 12.1 Å². The number of benzene rings is 2. The Morgan fingerprint density at radius 2 is 1.21 bits per heavy atom. The minimum absolute atomic E-state index is 0.00633. The fourth-order valence-corrected chi connectivity index (χ4v) is 4.77. The summed E-state index contributed by atoms with van der Waals surface area (Å²) in [6.07, 6.45) is -4.13. The van der Waals surface area contributed by atoms with E-state index in [2.05, 4.69) is 10.6 Å². The second-order valence-corrected chi connectivity index (χ2v) is 13.0. The lowest BCUT2D eigenvalue weighted by atomic mass is 10.0. The molecule has 2 aliphatic heterocycles. The van der Waals surface area contributed by atoms with E-state index in [1.165, 1.54) is 34.1 Å². The molecule has 2 N–H and O–H groups in total. The SMILES string of the molecule is CC(C)(C)OC(=O)CC(=O)NC[C@H]1CN(c2ccc(-c3ccc(N4C[C@H](CNC(=O)OC(C)(C)C)OC4=O)cc3F)c(F)c2)C(=O)O1. The Morgan fingerprint density at radius 3 is 1.64 bits per heavy atom. The summed E-state index contributed by atoms with van der Waals surface area (Å²) in [7, 11) is 0. The van der Waals surface area contributed by atoms with Gasteiger partial charge in [-0.05, 0) is 77.9 Å². The van der Waals surface area contributed by atoms with Gasteiger partial charge in [0.1, 0.15) is 41.5 Å². The van der Waals surface area contributed by atoms with Crippen molar-refractivity contribution in [2.45, 2.75) is 71.4 Å². The van der Waals surface area contributed by atoms with Gasteiger partial charge in [0.2, 0.25) is 5.91 Å². The van der Waals surface area contributed by atoms with Gasteiger partial charge < -0.3 is 29.6 Å². The standard InChI is InChI=1S/C32H38F2N4O9/c1-31(2,3)46-27(40)13-26(39)35-14-20-16-37(29(42)44-20)18-7-9-22(24(33)11-18)23-10-8-19(12-25(23)34)38-17-21(45-30(38)43)15-36-28(41)47-32(4,5)6/h7-12,20-21H,13-17H2,1-6H3,(H,35,39)(H,36,41)/t20-,21-/m0/s1. The molecule has 0 spiro atoms. The largest absolute Gasteiger partial charge is 0.460 e. The summed E-state index contributed by atoms with van der Waals surface area (Å²) in [5.41, 5.74) is -1.27. The van der Waals surface area contributed by atoms with Crippen LogP contribution in [0.2, 0.25) is 0 Å². The third kappa shape index (κ3) is 9.53. The van der Waals surface area contributed by atoms with Gasteiger partial charge in [-0.1, -0.05) is 0 Å². The fraction of sp³-hybridized carbons (Fsp3) is 0.469. The predicted molar refractivity (Wildman–Crippen MR) is 165 cm³/mol. The van der Waals surface area contributed by atoms with E-state index in [1.54, 1.807) is 41.5 Å². The van der Waals surface area contributed by atoms with E-state index < -0.39 is 71.6 Å². The van der Waals surface area contributed by atoms with E-state index in [-0.39, 0.29) is 48.7 Å². The van der Waals surface area contributed by atoms with Crippen molar-refractivity contribution in [1.29, 1.82) is 0 Å². The van der Waals surface area contributed by atoms with Crippen LogP contribution in [-0.4, -0.2) is 79.7 Å². The van der Waals surface area contributed by atoms with Crippen molar-refractivity contribution in [1.82, 2.24) is 10.6 Å². The zero-order chi connectivity index (χ0) is 34.7. The second-order valence-electron chi connectivity index (χ2n) is 13.0. The topological polar surface area (TPSA) is 153 Å². The number of nitrogens with zero attached hydrogens (tertiary/aromatic N) is 2. The molecule has 13 nitrogen and oxygen atoms in total. The molecule has 254 valence electrons. The maximum atomic E-state index is 15.3. The van der Waals surface area contributed by atoms with Crippen LogP contribution in [0.25, 0.3) is 11.1 Å². The first-order valence-electron chi connectivity index (χ1n) is 14.9. The number of amides is 4. The van der Waals surface area contributed by atoms with Gasteiger partial charge in [-0.25, -0.2) is 23.2 Å². The summed E-state index contributed by atoms with van der Waals surface area (Å²) in [4.78, 5) is 63.2. The highest BCUT2D eigenvalue weighted by Crippen LogP contribution is 2.33. The molecule has 2 saturated heterocycles. The number of hydrogen-bond donors (Lipinski definition) is 2. The molecule has 0 radical (unpaired) electrons. The number of ether oxygens (including phenoxy) is 4. The Balaban J connectivity index is 1.34. The van der Waals surface area contributed by atoms with E-state index in [4.69, 9.17) is 18.9 Å². The highest BCUT2D eigenvalue weighted by molar-refractivity contribution is 5.95. The first-order valence-corrected chi connectivity index (χ1v) is 14.9. The van der Waals surface area contributed by atoms with Crippen LogP contribution < -0.4 is 20.4 Å². The number of carbonyl (C=O) groups is 5. The number of anilines is 2. The van der Waals surface area contributed by atoms with Crippen molar-refractivity contribution in [2.75, 3.05) is 36.0 Å². The lowest BCUT2D eigenvalue weighted by Crippen LogP contribution is -2.38. The van der Waals surface area contributed by atoms with Crippen LogP contribution in [0, 0.1) is 11.6 Å². The quantitative estimate of drug-likeness (QED) is 0.222. The summed E-state index contributed by atoms with van der Waals surface area (Å²) in [6.45, 7) is 10.1. The summed E-state index contributed by atoms with van der Waals surface area (Å²) >= 11 is 0. The molecule has 2 aliphatic rings. The van der Waals surface area contributed by atoms with Crippen LogP contribution in [0.5, 0.6) is 0 Å². The molecule has 47 heavy (non-hydrogen) atoms. The first-order chi connectivity index (χ1) is 21.9. The number of alkyl carbamates (subject to hydrolysis) is 1. The minimum Gasteiger partial charge on any atom is -0.460 e. The molecular weight excluding hydrogens is 622 g/mol. The van der Waals surface area contributed by atoms with Gasteiger partial charge in [0, 0.05) is 11.1 Å². The number of carbonyl (C=O) groups excluding carboxylic acids is 5. The fourth-order valence-electron chi connectivity index (χ4n) is 4.77. The molecule has 2 atom stereocenters. The molecule has 0 bridgehead atoms. The van der Waals surface area contributed by atoms with E-state index in [9.17, 15) is 24.0 Å². The highest BCUT2D eigenvalue weighted by Gasteiger charge is 2.35. The van der Waals surface area contributed by atoms with Crippen molar-refractivity contribution in [2.24, 2.45) is 0 Å². The van der Waals surface area contributed by atoms with E-state index in [1.807, 2.05) is 0 Å². The molecule has 2 fully saturated rings. The number of rotatable bonds is 9. The number of cyclic esters (lactones) is 2. The third-order valence-electron chi connectivity index (χ3n) is 6.69. The summed E-state index contributed by atoms with van der Waals surface area (Å²) in [6, 6.07) is 7.64. The van der Waals surface area contributed by atoms with Crippen LogP contribution >= 0.6 is 0 Å². The lowest BCUT2D eigenvalue weighted by molar-refractivity contribution is -0.156. The molecule has 0 saturated carbocycles. The van der Waals surface area contributed by atoms with Crippen LogP contribution in [0.1, 0.15) is 48.0 Å².